The van der Waals surface area contributed by atoms with Gasteiger partial charge in [0.05, 0.1) is 11.6 Å². The van der Waals surface area contributed by atoms with E-state index in [9.17, 15) is 0 Å². The molecular weight excluding hydrogens is 182 g/mol. The van der Waals surface area contributed by atoms with E-state index >= 15 is 0 Å². The minimum atomic E-state index is 0.471. The van der Waals surface area contributed by atoms with E-state index in [2.05, 4.69) is 6.07 Å². The molecule has 13 heavy (non-hydrogen) atoms. The first kappa shape index (κ1) is 9.83. The highest BCUT2D eigenvalue weighted by Crippen LogP contribution is 2.14. The first-order valence-corrected chi connectivity index (χ1v) is 4.55. The van der Waals surface area contributed by atoms with E-state index in [1.54, 1.807) is 6.07 Å². The van der Waals surface area contributed by atoms with Gasteiger partial charge in [0.15, 0.2) is 0 Å². The molecule has 0 amide bonds. The molecule has 0 aromatic heterocycles. The van der Waals surface area contributed by atoms with Crippen LogP contribution in [0.4, 0.5) is 0 Å². The smallest absolute Gasteiger partial charge is 0.0998 e. The molecule has 0 spiro atoms. The van der Waals surface area contributed by atoms with Gasteiger partial charge in [-0.2, -0.15) is 5.26 Å². The summed E-state index contributed by atoms with van der Waals surface area (Å²) in [5, 5.41) is 8.83. The lowest BCUT2D eigenvalue weighted by molar-refractivity contribution is 1.39. The van der Waals surface area contributed by atoms with E-state index in [1.807, 2.05) is 31.2 Å². The lowest BCUT2D eigenvalue weighted by Gasteiger charge is -2.01. The molecule has 2 heteroatoms. The van der Waals surface area contributed by atoms with Crippen LogP contribution in [-0.2, 0) is 0 Å². The van der Waals surface area contributed by atoms with Crippen molar-refractivity contribution < 1.29 is 0 Å². The predicted octanol–water partition coefficient (Wildman–Crippen LogP) is 3.12. The van der Waals surface area contributed by atoms with Crippen LogP contribution < -0.4 is 0 Å². The Hall–Kier alpha value is -1.26. The van der Waals surface area contributed by atoms with Gasteiger partial charge in [-0.1, -0.05) is 24.3 Å². The average molecular weight is 192 g/mol. The molecule has 1 aromatic rings. The zero-order chi connectivity index (χ0) is 9.68. The second-order valence-electron chi connectivity index (χ2n) is 2.70. The maximum absolute atomic E-state index is 8.83. The van der Waals surface area contributed by atoms with Crippen LogP contribution in [-0.4, -0.2) is 5.88 Å². The maximum atomic E-state index is 8.83. The van der Waals surface area contributed by atoms with E-state index in [4.69, 9.17) is 16.9 Å². The molecule has 66 valence electrons. The van der Waals surface area contributed by atoms with Crippen LogP contribution in [0, 0.1) is 18.3 Å². The molecule has 0 aliphatic carbocycles. The Morgan fingerprint density at radius 3 is 2.92 bits per heavy atom. The SMILES string of the molecule is Cc1cccc(C#N)c1C=CCCl. The highest BCUT2D eigenvalue weighted by atomic mass is 35.5. The standard InChI is InChI=1S/C11H10ClN/c1-9-4-2-5-10(8-13)11(9)6-3-7-12/h2-6H,7H2,1H3. The van der Waals surface area contributed by atoms with Crippen molar-refractivity contribution in [3.8, 4) is 6.07 Å². The van der Waals surface area contributed by atoms with Crippen LogP contribution in [0.5, 0.6) is 0 Å². The van der Waals surface area contributed by atoms with Crippen molar-refractivity contribution in [3.05, 3.63) is 41.0 Å². The summed E-state index contributed by atoms with van der Waals surface area (Å²) in [6.07, 6.45) is 3.73. The third-order valence-corrected chi connectivity index (χ3v) is 2.00. The second-order valence-corrected chi connectivity index (χ2v) is 3.01. The number of rotatable bonds is 2. The zero-order valence-electron chi connectivity index (χ0n) is 7.42. The van der Waals surface area contributed by atoms with Gasteiger partial charge in [0.1, 0.15) is 0 Å². The van der Waals surface area contributed by atoms with Gasteiger partial charge in [0.25, 0.3) is 0 Å². The minimum absolute atomic E-state index is 0.471. The van der Waals surface area contributed by atoms with Gasteiger partial charge in [0, 0.05) is 5.88 Å². The van der Waals surface area contributed by atoms with Crippen molar-refractivity contribution in [1.29, 1.82) is 5.26 Å². The van der Waals surface area contributed by atoms with Gasteiger partial charge in [-0.05, 0) is 24.1 Å². The van der Waals surface area contributed by atoms with Crippen molar-refractivity contribution in [3.63, 3.8) is 0 Å². The average Bonchev–Trinajstić information content (AvgIpc) is 2.15. The number of benzene rings is 1. The van der Waals surface area contributed by atoms with Gasteiger partial charge >= 0.3 is 0 Å². The summed E-state index contributed by atoms with van der Waals surface area (Å²) >= 11 is 5.53. The molecule has 0 aliphatic heterocycles. The van der Waals surface area contributed by atoms with Crippen LogP contribution in [0.1, 0.15) is 16.7 Å². The fourth-order valence-corrected chi connectivity index (χ4v) is 1.25. The monoisotopic (exact) mass is 191 g/mol. The molecule has 0 radical (unpaired) electrons. The largest absolute Gasteiger partial charge is 0.192 e. The Morgan fingerprint density at radius 2 is 2.31 bits per heavy atom. The fraction of sp³-hybridized carbons (Fsp3) is 0.182. The molecule has 1 rings (SSSR count). The Morgan fingerprint density at radius 1 is 1.54 bits per heavy atom. The highest BCUT2D eigenvalue weighted by Gasteiger charge is 1.99. The summed E-state index contributed by atoms with van der Waals surface area (Å²) in [7, 11) is 0. The van der Waals surface area contributed by atoms with Crippen LogP contribution in [0.2, 0.25) is 0 Å². The first-order chi connectivity index (χ1) is 6.29. The number of hydrogen-bond donors (Lipinski definition) is 0. The number of nitrogens with zero attached hydrogens (tertiary/aromatic N) is 1. The van der Waals surface area contributed by atoms with Crippen molar-refractivity contribution in [2.75, 3.05) is 5.88 Å². The van der Waals surface area contributed by atoms with E-state index < -0.39 is 0 Å². The van der Waals surface area contributed by atoms with Crippen LogP contribution >= 0.6 is 11.6 Å². The summed E-state index contributed by atoms with van der Waals surface area (Å²) in [5.41, 5.74) is 2.76. The van der Waals surface area contributed by atoms with Crippen molar-refractivity contribution in [2.45, 2.75) is 6.92 Å². The fourth-order valence-electron chi connectivity index (χ4n) is 1.16. The lowest BCUT2D eigenvalue weighted by atomic mass is 10.0. The zero-order valence-corrected chi connectivity index (χ0v) is 8.17. The Labute approximate surface area is 83.3 Å². The first-order valence-electron chi connectivity index (χ1n) is 4.02. The van der Waals surface area contributed by atoms with Crippen molar-refractivity contribution in [1.82, 2.24) is 0 Å². The normalized spacial score (nSPS) is 10.2. The number of allylic oxidation sites excluding steroid dienone is 1. The Balaban J connectivity index is 3.17. The molecule has 0 heterocycles. The van der Waals surface area contributed by atoms with Crippen molar-refractivity contribution >= 4 is 17.7 Å². The molecule has 0 aliphatic rings. The molecule has 1 nitrogen and oxygen atoms in total. The Kier molecular flexibility index (Phi) is 3.54. The van der Waals surface area contributed by atoms with E-state index in [0.717, 1.165) is 11.1 Å². The topological polar surface area (TPSA) is 23.8 Å². The van der Waals surface area contributed by atoms with Crippen LogP contribution in [0.3, 0.4) is 0 Å². The minimum Gasteiger partial charge on any atom is -0.192 e. The molecule has 0 unspecified atom stereocenters. The Bertz CT molecular complexity index is 361. The van der Waals surface area contributed by atoms with Gasteiger partial charge in [-0.3, -0.25) is 0 Å². The number of nitriles is 1. The van der Waals surface area contributed by atoms with Crippen molar-refractivity contribution in [2.24, 2.45) is 0 Å². The summed E-state index contributed by atoms with van der Waals surface area (Å²) < 4.78 is 0. The van der Waals surface area contributed by atoms with Crippen LogP contribution in [0.25, 0.3) is 6.08 Å². The summed E-state index contributed by atoms with van der Waals surface area (Å²) in [4.78, 5) is 0. The van der Waals surface area contributed by atoms with E-state index in [0.29, 0.717) is 11.4 Å². The van der Waals surface area contributed by atoms with E-state index in [1.165, 1.54) is 0 Å². The molecule has 0 bridgehead atoms. The maximum Gasteiger partial charge on any atom is 0.0998 e. The lowest BCUT2D eigenvalue weighted by Crippen LogP contribution is -1.86. The summed E-state index contributed by atoms with van der Waals surface area (Å²) in [5.74, 6) is 0.471. The highest BCUT2D eigenvalue weighted by molar-refractivity contribution is 6.19. The molecule has 0 N–H and O–H groups in total. The summed E-state index contributed by atoms with van der Waals surface area (Å²) in [6, 6.07) is 7.82. The molecule has 0 saturated heterocycles. The number of halogens is 1. The second kappa shape index (κ2) is 4.69. The molecule has 0 saturated carbocycles. The van der Waals surface area contributed by atoms with Gasteiger partial charge in [-0.15, -0.1) is 11.6 Å². The van der Waals surface area contributed by atoms with Gasteiger partial charge < -0.3 is 0 Å². The predicted molar refractivity (Wildman–Crippen MR) is 55.6 cm³/mol. The third kappa shape index (κ3) is 2.34. The van der Waals surface area contributed by atoms with Gasteiger partial charge in [-0.25, -0.2) is 0 Å². The quantitative estimate of drug-likeness (QED) is 0.659. The molecule has 0 fully saturated rings. The van der Waals surface area contributed by atoms with Gasteiger partial charge in [0.2, 0.25) is 0 Å². The number of aryl methyl sites for hydroxylation is 1. The van der Waals surface area contributed by atoms with E-state index in [-0.39, 0.29) is 0 Å². The molecule has 1 aromatic carbocycles. The number of alkyl halides is 1. The van der Waals surface area contributed by atoms with Crippen LogP contribution in [0.15, 0.2) is 24.3 Å². The molecule has 0 atom stereocenters. The molecular formula is C11H10ClN. The summed E-state index contributed by atoms with van der Waals surface area (Å²) in [6.45, 7) is 1.98. The third-order valence-electron chi connectivity index (χ3n) is 1.82. The number of hydrogen-bond acceptors (Lipinski definition) is 1.